The van der Waals surface area contributed by atoms with Gasteiger partial charge in [0.05, 0.1) is 22.0 Å². The zero-order valence-corrected chi connectivity index (χ0v) is 16.0. The molecule has 10 nitrogen and oxygen atoms in total. The average Bonchev–Trinajstić information content (AvgIpc) is 3.26. The Morgan fingerprint density at radius 2 is 1.96 bits per heavy atom. The molecular weight excluding hydrogens is 386 g/mol. The second-order valence-corrected chi connectivity index (χ2v) is 6.29. The van der Waals surface area contributed by atoms with E-state index in [0.717, 1.165) is 5.69 Å². The predicted octanol–water partition coefficient (Wildman–Crippen LogP) is 1.14. The number of hydrogen-bond acceptors (Lipinski definition) is 7. The van der Waals surface area contributed by atoms with Gasteiger partial charge in [0.1, 0.15) is 6.54 Å². The lowest BCUT2D eigenvalue weighted by atomic mass is 10.3. The number of halogens is 1. The number of aryl methyl sites for hydroxylation is 1. The van der Waals surface area contributed by atoms with Crippen LogP contribution in [0, 0.1) is 13.8 Å². The Kier molecular flexibility index (Phi) is 5.99. The fourth-order valence-electron chi connectivity index (χ4n) is 2.40. The number of nitrogens with zero attached hydrogens (tertiary/aromatic N) is 5. The van der Waals surface area contributed by atoms with Crippen LogP contribution < -0.4 is 10.6 Å². The van der Waals surface area contributed by atoms with Crippen molar-refractivity contribution in [3.8, 4) is 0 Å². The maximum atomic E-state index is 12.1. The van der Waals surface area contributed by atoms with Gasteiger partial charge < -0.3 is 15.2 Å². The monoisotopic (exact) mass is 403 g/mol. The minimum absolute atomic E-state index is 0.166. The van der Waals surface area contributed by atoms with Crippen LogP contribution in [0.5, 0.6) is 0 Å². The zero-order chi connectivity index (χ0) is 20.1. The minimum Gasteiger partial charge on any atom is -0.350 e. The molecule has 0 aliphatic rings. The van der Waals surface area contributed by atoms with E-state index in [9.17, 15) is 9.59 Å². The van der Waals surface area contributed by atoms with Gasteiger partial charge in [0.25, 0.3) is 5.91 Å². The minimum atomic E-state index is -0.527. The first kappa shape index (κ1) is 19.5. The van der Waals surface area contributed by atoms with Crippen LogP contribution in [0.4, 0.5) is 0 Å². The van der Waals surface area contributed by atoms with E-state index in [2.05, 4.69) is 30.9 Å². The SMILES string of the molecule is Cc1nn(Cc2noc(C(=O)NCCNC(=O)c3cccnc3)n2)c(C)c1Cl. The first-order chi connectivity index (χ1) is 13.5. The molecule has 2 N–H and O–H groups in total. The maximum Gasteiger partial charge on any atom is 0.316 e. The fraction of sp³-hybridized carbons (Fsp3) is 0.294. The Morgan fingerprint density at radius 3 is 2.61 bits per heavy atom. The lowest BCUT2D eigenvalue weighted by molar-refractivity contribution is 0.0898. The molecule has 0 spiro atoms. The topological polar surface area (TPSA) is 128 Å². The van der Waals surface area contributed by atoms with Crippen molar-refractivity contribution < 1.29 is 14.1 Å². The van der Waals surface area contributed by atoms with Gasteiger partial charge in [-0.1, -0.05) is 16.8 Å². The number of rotatable bonds is 7. The number of amides is 2. The van der Waals surface area contributed by atoms with Gasteiger partial charge in [0, 0.05) is 25.5 Å². The van der Waals surface area contributed by atoms with E-state index in [1.54, 1.807) is 29.9 Å². The van der Waals surface area contributed by atoms with Crippen molar-refractivity contribution >= 4 is 23.4 Å². The van der Waals surface area contributed by atoms with Crippen molar-refractivity contribution in [2.45, 2.75) is 20.4 Å². The van der Waals surface area contributed by atoms with Gasteiger partial charge in [-0.3, -0.25) is 19.3 Å². The quantitative estimate of drug-likeness (QED) is 0.566. The Bertz CT molecular complexity index is 984. The summed E-state index contributed by atoms with van der Waals surface area (Å²) in [5, 5.41) is 13.9. The molecule has 0 unspecified atom stereocenters. The molecule has 0 saturated heterocycles. The molecule has 3 aromatic rings. The molecule has 0 radical (unpaired) electrons. The van der Waals surface area contributed by atoms with E-state index in [1.807, 2.05) is 6.92 Å². The highest BCUT2D eigenvalue weighted by Gasteiger charge is 2.17. The second kappa shape index (κ2) is 8.61. The van der Waals surface area contributed by atoms with Gasteiger partial charge in [-0.05, 0) is 26.0 Å². The fourth-order valence-corrected chi connectivity index (χ4v) is 2.54. The van der Waals surface area contributed by atoms with Crippen molar-refractivity contribution in [3.63, 3.8) is 0 Å². The van der Waals surface area contributed by atoms with Crippen LogP contribution in [0.2, 0.25) is 5.02 Å². The van der Waals surface area contributed by atoms with E-state index in [-0.39, 0.29) is 31.4 Å². The molecular formula is C17H18ClN7O3. The van der Waals surface area contributed by atoms with Crippen LogP contribution in [0.1, 0.15) is 38.3 Å². The maximum absolute atomic E-state index is 12.1. The van der Waals surface area contributed by atoms with Gasteiger partial charge in [-0.15, -0.1) is 0 Å². The van der Waals surface area contributed by atoms with Gasteiger partial charge in [0.2, 0.25) is 0 Å². The molecule has 0 aromatic carbocycles. The summed E-state index contributed by atoms with van der Waals surface area (Å²) in [7, 11) is 0. The van der Waals surface area contributed by atoms with Crippen molar-refractivity contribution in [2.24, 2.45) is 0 Å². The molecule has 0 aliphatic heterocycles. The first-order valence-corrected chi connectivity index (χ1v) is 8.82. The van der Waals surface area contributed by atoms with Crippen LogP contribution >= 0.6 is 11.6 Å². The summed E-state index contributed by atoms with van der Waals surface area (Å²) in [5.74, 6) is -0.662. The first-order valence-electron chi connectivity index (χ1n) is 8.44. The van der Waals surface area contributed by atoms with Crippen LogP contribution in [0.25, 0.3) is 0 Å². The van der Waals surface area contributed by atoms with E-state index < -0.39 is 5.91 Å². The lowest BCUT2D eigenvalue weighted by Gasteiger charge is -2.05. The summed E-state index contributed by atoms with van der Waals surface area (Å²) in [6.07, 6.45) is 3.04. The molecule has 28 heavy (non-hydrogen) atoms. The smallest absolute Gasteiger partial charge is 0.316 e. The number of pyridine rings is 1. The van der Waals surface area contributed by atoms with Crippen molar-refractivity contribution in [1.82, 2.24) is 35.5 Å². The van der Waals surface area contributed by atoms with Crippen LogP contribution in [0.15, 0.2) is 29.0 Å². The summed E-state index contributed by atoms with van der Waals surface area (Å²) in [6, 6.07) is 3.32. The van der Waals surface area contributed by atoms with E-state index in [4.69, 9.17) is 16.1 Å². The van der Waals surface area contributed by atoms with E-state index >= 15 is 0 Å². The molecule has 0 atom stereocenters. The highest BCUT2D eigenvalue weighted by Crippen LogP contribution is 2.19. The standard InChI is InChI=1S/C17H18ClN7O3/c1-10-14(18)11(2)25(23-10)9-13-22-17(28-24-13)16(27)21-7-6-20-15(26)12-4-3-5-19-8-12/h3-5,8H,6-7,9H2,1-2H3,(H,20,26)(H,21,27). The van der Waals surface area contributed by atoms with Crippen LogP contribution in [-0.2, 0) is 6.54 Å². The summed E-state index contributed by atoms with van der Waals surface area (Å²) in [6.45, 7) is 4.31. The molecule has 2 amide bonds. The van der Waals surface area contributed by atoms with Crippen LogP contribution in [-0.4, -0.2) is 49.8 Å². The molecule has 3 heterocycles. The number of aromatic nitrogens is 5. The van der Waals surface area contributed by atoms with Gasteiger partial charge in [0.15, 0.2) is 5.82 Å². The molecule has 0 saturated carbocycles. The molecule has 3 rings (SSSR count). The second-order valence-electron chi connectivity index (χ2n) is 5.91. The van der Waals surface area contributed by atoms with Gasteiger partial charge >= 0.3 is 11.8 Å². The third kappa shape index (κ3) is 4.52. The number of nitrogens with one attached hydrogen (secondary N) is 2. The normalized spacial score (nSPS) is 10.7. The Balaban J connectivity index is 1.47. The van der Waals surface area contributed by atoms with Crippen molar-refractivity contribution in [3.05, 3.63) is 58.2 Å². The number of hydrogen-bond donors (Lipinski definition) is 2. The molecule has 146 valence electrons. The van der Waals surface area contributed by atoms with E-state index in [0.29, 0.717) is 22.1 Å². The number of carbonyl (C=O) groups is 2. The number of carbonyl (C=O) groups excluding carboxylic acids is 2. The van der Waals surface area contributed by atoms with Gasteiger partial charge in [-0.2, -0.15) is 10.1 Å². The Labute approximate surface area is 165 Å². The van der Waals surface area contributed by atoms with Gasteiger partial charge in [-0.25, -0.2) is 0 Å². The summed E-state index contributed by atoms with van der Waals surface area (Å²) in [5.41, 5.74) is 1.92. The van der Waals surface area contributed by atoms with Crippen LogP contribution in [0.3, 0.4) is 0 Å². The lowest BCUT2D eigenvalue weighted by Crippen LogP contribution is -2.34. The highest BCUT2D eigenvalue weighted by atomic mass is 35.5. The van der Waals surface area contributed by atoms with E-state index in [1.165, 1.54) is 6.20 Å². The zero-order valence-electron chi connectivity index (χ0n) is 15.3. The molecule has 0 bridgehead atoms. The summed E-state index contributed by atoms with van der Waals surface area (Å²) >= 11 is 6.11. The van der Waals surface area contributed by atoms with Crippen molar-refractivity contribution in [2.75, 3.05) is 13.1 Å². The molecule has 11 heteroatoms. The Hall–Kier alpha value is -3.27. The Morgan fingerprint density at radius 1 is 1.21 bits per heavy atom. The largest absolute Gasteiger partial charge is 0.350 e. The summed E-state index contributed by atoms with van der Waals surface area (Å²) in [4.78, 5) is 31.9. The predicted molar refractivity (Wildman–Crippen MR) is 99.0 cm³/mol. The average molecular weight is 404 g/mol. The molecule has 3 aromatic heterocycles. The highest BCUT2D eigenvalue weighted by molar-refractivity contribution is 6.31. The third-order valence-electron chi connectivity index (χ3n) is 3.87. The third-order valence-corrected chi connectivity index (χ3v) is 4.41. The molecule has 0 aliphatic carbocycles. The summed E-state index contributed by atoms with van der Waals surface area (Å²) < 4.78 is 6.62. The molecule has 0 fully saturated rings. The van der Waals surface area contributed by atoms with Crippen molar-refractivity contribution in [1.29, 1.82) is 0 Å².